The molecule has 150 valence electrons. The molecule has 2 aromatic rings. The second kappa shape index (κ2) is 8.17. The molecule has 6 heteroatoms. The number of nitrogens with one attached hydrogen (secondary N) is 1. The Morgan fingerprint density at radius 2 is 1.79 bits per heavy atom. The number of hydrogen-bond donors (Lipinski definition) is 1. The van der Waals surface area contributed by atoms with Gasteiger partial charge in [-0.15, -0.1) is 0 Å². The van der Waals surface area contributed by atoms with Crippen molar-refractivity contribution >= 4 is 11.8 Å². The van der Waals surface area contributed by atoms with E-state index in [0.717, 1.165) is 11.4 Å². The van der Waals surface area contributed by atoms with Crippen LogP contribution in [0.15, 0.2) is 42.7 Å². The molecule has 1 fully saturated rings. The number of aromatic nitrogens is 2. The molecule has 2 amide bonds. The van der Waals surface area contributed by atoms with Crippen LogP contribution >= 0.6 is 0 Å². The molecule has 1 unspecified atom stereocenters. The first-order valence-electron chi connectivity index (χ1n) is 9.89. The van der Waals surface area contributed by atoms with E-state index in [-0.39, 0.29) is 29.2 Å². The Morgan fingerprint density at radius 3 is 2.32 bits per heavy atom. The van der Waals surface area contributed by atoms with Crippen LogP contribution in [-0.4, -0.2) is 39.4 Å². The Balaban J connectivity index is 1.69. The molecule has 0 aliphatic carbocycles. The number of imidazole rings is 1. The number of hydrogen-bond acceptors (Lipinski definition) is 3. The minimum Gasteiger partial charge on any atom is -0.342 e. The highest BCUT2D eigenvalue weighted by atomic mass is 16.2. The highest BCUT2D eigenvalue weighted by Crippen LogP contribution is 2.26. The Bertz CT molecular complexity index is 815. The lowest BCUT2D eigenvalue weighted by Crippen LogP contribution is -2.47. The number of rotatable bonds is 4. The zero-order valence-corrected chi connectivity index (χ0v) is 17.2. The van der Waals surface area contributed by atoms with Crippen molar-refractivity contribution in [2.24, 2.45) is 18.4 Å². The topological polar surface area (TPSA) is 67.2 Å². The lowest BCUT2D eigenvalue weighted by Gasteiger charge is -2.35. The number of amides is 2. The molecule has 1 N–H and O–H groups in total. The van der Waals surface area contributed by atoms with Crippen LogP contribution in [0.5, 0.6) is 0 Å². The standard InChI is InChI=1S/C22H30N4O2/c1-22(2,3)21(28)26-13-10-17(11-14-26)20(27)24-18(16-8-6-5-7-9-16)19-23-12-15-25(19)4/h5-9,12,15,17-18H,10-11,13-14H2,1-4H3,(H,24,27). The third-order valence-corrected chi connectivity index (χ3v) is 5.33. The van der Waals surface area contributed by atoms with E-state index in [4.69, 9.17) is 0 Å². The van der Waals surface area contributed by atoms with Gasteiger partial charge in [-0.25, -0.2) is 4.98 Å². The summed E-state index contributed by atoms with van der Waals surface area (Å²) in [5, 5.41) is 3.19. The molecular weight excluding hydrogens is 352 g/mol. The van der Waals surface area contributed by atoms with Crippen LogP contribution < -0.4 is 5.32 Å². The lowest BCUT2D eigenvalue weighted by molar-refractivity contribution is -0.142. The fourth-order valence-electron chi connectivity index (χ4n) is 3.68. The first-order chi connectivity index (χ1) is 13.3. The Morgan fingerprint density at radius 1 is 1.14 bits per heavy atom. The predicted octanol–water partition coefficient (Wildman–Crippen LogP) is 2.91. The van der Waals surface area contributed by atoms with Crippen molar-refractivity contribution in [3.8, 4) is 0 Å². The van der Waals surface area contributed by atoms with Gasteiger partial charge < -0.3 is 14.8 Å². The molecule has 1 saturated heterocycles. The third-order valence-electron chi connectivity index (χ3n) is 5.33. The summed E-state index contributed by atoms with van der Waals surface area (Å²) in [4.78, 5) is 31.8. The second-order valence-corrected chi connectivity index (χ2v) is 8.57. The highest BCUT2D eigenvalue weighted by molar-refractivity contribution is 5.83. The average Bonchev–Trinajstić information content (AvgIpc) is 3.11. The van der Waals surface area contributed by atoms with Gasteiger partial charge in [-0.1, -0.05) is 51.1 Å². The number of carbonyl (C=O) groups is 2. The Hall–Kier alpha value is -2.63. The third kappa shape index (κ3) is 4.43. The summed E-state index contributed by atoms with van der Waals surface area (Å²) in [7, 11) is 1.93. The van der Waals surface area contributed by atoms with Gasteiger partial charge >= 0.3 is 0 Å². The van der Waals surface area contributed by atoms with E-state index < -0.39 is 0 Å². The monoisotopic (exact) mass is 382 g/mol. The fraction of sp³-hybridized carbons (Fsp3) is 0.500. The number of piperidine rings is 1. The van der Waals surface area contributed by atoms with Crippen LogP contribution in [0.2, 0.25) is 0 Å². The molecule has 6 nitrogen and oxygen atoms in total. The van der Waals surface area contributed by atoms with Crippen LogP contribution in [0.3, 0.4) is 0 Å². The van der Waals surface area contributed by atoms with Crippen LogP contribution in [0.1, 0.15) is 51.0 Å². The van der Waals surface area contributed by atoms with Gasteiger partial charge in [0.2, 0.25) is 11.8 Å². The van der Waals surface area contributed by atoms with E-state index in [9.17, 15) is 9.59 Å². The first-order valence-corrected chi connectivity index (χ1v) is 9.89. The van der Waals surface area contributed by atoms with E-state index in [1.807, 2.05) is 73.8 Å². The number of carbonyl (C=O) groups excluding carboxylic acids is 2. The van der Waals surface area contributed by atoms with Crippen molar-refractivity contribution in [3.05, 3.63) is 54.1 Å². The SMILES string of the molecule is Cn1ccnc1C(NC(=O)C1CCN(C(=O)C(C)(C)C)CC1)c1ccccc1. The molecule has 0 saturated carbocycles. The summed E-state index contributed by atoms with van der Waals surface area (Å²) >= 11 is 0. The van der Waals surface area contributed by atoms with E-state index in [2.05, 4.69) is 10.3 Å². The van der Waals surface area contributed by atoms with E-state index in [1.165, 1.54) is 0 Å². The van der Waals surface area contributed by atoms with Crippen LogP contribution in [-0.2, 0) is 16.6 Å². The molecule has 1 atom stereocenters. The number of benzene rings is 1. The number of nitrogens with zero attached hydrogens (tertiary/aromatic N) is 3. The number of likely N-dealkylation sites (tertiary alicyclic amines) is 1. The number of aryl methyl sites for hydroxylation is 1. The Kier molecular flexibility index (Phi) is 5.87. The largest absolute Gasteiger partial charge is 0.342 e. The van der Waals surface area contributed by atoms with Crippen molar-refractivity contribution in [2.75, 3.05) is 13.1 Å². The molecule has 3 rings (SSSR count). The van der Waals surface area contributed by atoms with Gasteiger partial charge in [0.1, 0.15) is 11.9 Å². The summed E-state index contributed by atoms with van der Waals surface area (Å²) in [5.41, 5.74) is 0.622. The summed E-state index contributed by atoms with van der Waals surface area (Å²) in [6.07, 6.45) is 5.01. The van der Waals surface area contributed by atoms with E-state index >= 15 is 0 Å². The van der Waals surface area contributed by atoms with Gasteiger partial charge in [0.15, 0.2) is 0 Å². The second-order valence-electron chi connectivity index (χ2n) is 8.57. The molecule has 0 spiro atoms. The highest BCUT2D eigenvalue weighted by Gasteiger charge is 2.33. The molecule has 1 aliphatic rings. The van der Waals surface area contributed by atoms with Gasteiger partial charge in [0, 0.05) is 43.9 Å². The zero-order chi connectivity index (χ0) is 20.3. The maximum absolute atomic E-state index is 13.0. The summed E-state index contributed by atoms with van der Waals surface area (Å²) < 4.78 is 1.93. The summed E-state index contributed by atoms with van der Waals surface area (Å²) in [6.45, 7) is 7.07. The zero-order valence-electron chi connectivity index (χ0n) is 17.2. The van der Waals surface area contributed by atoms with Crippen molar-refractivity contribution in [1.82, 2.24) is 19.8 Å². The minimum absolute atomic E-state index is 0.0275. The minimum atomic E-state index is -0.383. The normalized spacial score (nSPS) is 16.6. The molecule has 0 radical (unpaired) electrons. The average molecular weight is 383 g/mol. The molecule has 1 aromatic carbocycles. The van der Waals surface area contributed by atoms with Gasteiger partial charge in [0.25, 0.3) is 0 Å². The molecule has 1 aromatic heterocycles. The maximum Gasteiger partial charge on any atom is 0.227 e. The van der Waals surface area contributed by atoms with Gasteiger partial charge in [0.05, 0.1) is 0 Å². The van der Waals surface area contributed by atoms with Gasteiger partial charge in [-0.2, -0.15) is 0 Å². The summed E-state index contributed by atoms with van der Waals surface area (Å²) in [6, 6.07) is 9.61. The van der Waals surface area contributed by atoms with Gasteiger partial charge in [-0.05, 0) is 18.4 Å². The lowest BCUT2D eigenvalue weighted by atomic mass is 9.90. The molecule has 0 bridgehead atoms. The van der Waals surface area contributed by atoms with E-state index in [0.29, 0.717) is 25.9 Å². The van der Waals surface area contributed by atoms with E-state index in [1.54, 1.807) is 6.20 Å². The molecular formula is C22H30N4O2. The quantitative estimate of drug-likeness (QED) is 0.884. The van der Waals surface area contributed by atoms with Crippen molar-refractivity contribution in [2.45, 2.75) is 39.7 Å². The van der Waals surface area contributed by atoms with Crippen molar-refractivity contribution in [3.63, 3.8) is 0 Å². The van der Waals surface area contributed by atoms with Crippen LogP contribution in [0, 0.1) is 11.3 Å². The van der Waals surface area contributed by atoms with Gasteiger partial charge in [-0.3, -0.25) is 9.59 Å². The van der Waals surface area contributed by atoms with Crippen LogP contribution in [0.4, 0.5) is 0 Å². The molecule has 28 heavy (non-hydrogen) atoms. The summed E-state index contributed by atoms with van der Waals surface area (Å²) in [5.74, 6) is 0.900. The fourth-order valence-corrected chi connectivity index (χ4v) is 3.68. The smallest absolute Gasteiger partial charge is 0.227 e. The van der Waals surface area contributed by atoms with Crippen LogP contribution in [0.25, 0.3) is 0 Å². The predicted molar refractivity (Wildman–Crippen MR) is 108 cm³/mol. The van der Waals surface area contributed by atoms with Crippen molar-refractivity contribution in [1.29, 1.82) is 0 Å². The Labute approximate surface area is 166 Å². The first kappa shape index (κ1) is 20.1. The molecule has 1 aliphatic heterocycles. The maximum atomic E-state index is 13.0. The molecule has 2 heterocycles. The van der Waals surface area contributed by atoms with Crippen molar-refractivity contribution < 1.29 is 9.59 Å².